The Hall–Kier alpha value is -3.94. The molecule has 1 amide bonds. The van der Waals surface area contributed by atoms with Crippen LogP contribution in [0.4, 0.5) is 5.69 Å². The monoisotopic (exact) mass is 456 g/mol. The Morgan fingerprint density at radius 1 is 0.853 bits per heavy atom. The van der Waals surface area contributed by atoms with E-state index >= 15 is 0 Å². The molecule has 5 N–H and O–H groups in total. The van der Waals surface area contributed by atoms with E-state index in [2.05, 4.69) is 33.4 Å². The second kappa shape index (κ2) is 9.51. The average Bonchev–Trinajstić information content (AvgIpc) is 2.88. The van der Waals surface area contributed by atoms with Crippen LogP contribution in [-0.4, -0.2) is 38.1 Å². The average molecular weight is 457 g/mol. The number of rotatable bonds is 7. The van der Waals surface area contributed by atoms with Gasteiger partial charge in [-0.3, -0.25) is 15.4 Å². The van der Waals surface area contributed by atoms with Crippen LogP contribution in [0.1, 0.15) is 43.8 Å². The molecule has 34 heavy (non-hydrogen) atoms. The SMILES string of the molecule is CNC1=C(c2ccccc2)c2cc(C(=O)Nc3ccc(C(=O)O)cc3)ccc2C(NC)(NC)C1. The number of fused-ring (bicyclic) bond motifs is 1. The van der Waals surface area contributed by atoms with E-state index in [1.165, 1.54) is 12.1 Å². The topological polar surface area (TPSA) is 102 Å². The first-order chi connectivity index (χ1) is 16.4. The first-order valence-corrected chi connectivity index (χ1v) is 11.1. The third-order valence-corrected chi connectivity index (χ3v) is 6.36. The molecule has 1 aliphatic carbocycles. The molecule has 0 unspecified atom stereocenters. The minimum atomic E-state index is -1.01. The van der Waals surface area contributed by atoms with Gasteiger partial charge in [-0.15, -0.1) is 0 Å². The van der Waals surface area contributed by atoms with E-state index in [9.17, 15) is 9.59 Å². The van der Waals surface area contributed by atoms with Gasteiger partial charge in [-0.25, -0.2) is 4.79 Å². The van der Waals surface area contributed by atoms with Gasteiger partial charge in [0.05, 0.1) is 5.56 Å². The molecular weight excluding hydrogens is 428 g/mol. The predicted molar refractivity (Wildman–Crippen MR) is 134 cm³/mol. The number of aromatic carboxylic acids is 1. The van der Waals surface area contributed by atoms with Crippen LogP contribution in [-0.2, 0) is 5.66 Å². The third-order valence-electron chi connectivity index (χ3n) is 6.36. The lowest BCUT2D eigenvalue weighted by atomic mass is 9.77. The van der Waals surface area contributed by atoms with Gasteiger partial charge in [0.2, 0.25) is 0 Å². The summed E-state index contributed by atoms with van der Waals surface area (Å²) in [6.07, 6.45) is 0.704. The van der Waals surface area contributed by atoms with Crippen molar-refractivity contribution in [1.82, 2.24) is 16.0 Å². The molecule has 0 spiro atoms. The molecule has 0 atom stereocenters. The molecule has 3 aromatic rings. The normalized spacial score (nSPS) is 14.3. The number of hydrogen-bond donors (Lipinski definition) is 5. The zero-order valence-corrected chi connectivity index (χ0v) is 19.4. The van der Waals surface area contributed by atoms with Crippen molar-refractivity contribution in [2.75, 3.05) is 26.5 Å². The van der Waals surface area contributed by atoms with Gasteiger partial charge in [0.1, 0.15) is 5.66 Å². The van der Waals surface area contributed by atoms with Crippen molar-refractivity contribution >= 4 is 23.1 Å². The predicted octanol–water partition coefficient (Wildman–Crippen LogP) is 3.61. The number of carboxylic acid groups (broad SMARTS) is 1. The van der Waals surface area contributed by atoms with Gasteiger partial charge in [0.15, 0.2) is 0 Å². The number of hydrogen-bond acceptors (Lipinski definition) is 5. The Bertz CT molecular complexity index is 1250. The van der Waals surface area contributed by atoms with Crippen molar-refractivity contribution in [2.45, 2.75) is 12.1 Å². The maximum atomic E-state index is 13.1. The molecule has 0 aromatic heterocycles. The molecule has 7 heteroatoms. The molecule has 1 aliphatic rings. The summed E-state index contributed by atoms with van der Waals surface area (Å²) in [7, 11) is 5.75. The van der Waals surface area contributed by atoms with E-state index in [1.54, 1.807) is 12.1 Å². The highest BCUT2D eigenvalue weighted by Gasteiger charge is 2.38. The van der Waals surface area contributed by atoms with Crippen LogP contribution in [0.15, 0.2) is 78.5 Å². The summed E-state index contributed by atoms with van der Waals surface area (Å²) in [5.41, 5.74) is 5.90. The van der Waals surface area contributed by atoms with Crippen molar-refractivity contribution in [1.29, 1.82) is 0 Å². The quantitative estimate of drug-likeness (QED) is 0.348. The summed E-state index contributed by atoms with van der Waals surface area (Å²) in [5, 5.41) is 22.2. The number of carboxylic acids is 1. The molecule has 4 rings (SSSR count). The molecule has 0 heterocycles. The Kier molecular flexibility index (Phi) is 6.49. The Morgan fingerprint density at radius 2 is 1.50 bits per heavy atom. The van der Waals surface area contributed by atoms with Crippen molar-refractivity contribution in [3.05, 3.63) is 106 Å². The van der Waals surface area contributed by atoms with Gasteiger partial charge in [-0.1, -0.05) is 36.4 Å². The number of anilines is 1. The third kappa shape index (κ3) is 4.19. The van der Waals surface area contributed by atoms with Gasteiger partial charge in [0.25, 0.3) is 5.91 Å². The Labute approximate surface area is 198 Å². The highest BCUT2D eigenvalue weighted by atomic mass is 16.4. The van der Waals surface area contributed by atoms with Crippen LogP contribution in [0.3, 0.4) is 0 Å². The summed E-state index contributed by atoms with van der Waals surface area (Å²) in [6.45, 7) is 0. The zero-order chi connectivity index (χ0) is 24.3. The van der Waals surface area contributed by atoms with Crippen LogP contribution in [0.2, 0.25) is 0 Å². The van der Waals surface area contributed by atoms with E-state index in [4.69, 9.17) is 5.11 Å². The number of carbonyl (C=O) groups excluding carboxylic acids is 1. The van der Waals surface area contributed by atoms with E-state index in [0.29, 0.717) is 17.7 Å². The summed E-state index contributed by atoms with van der Waals surface area (Å²) in [6, 6.07) is 21.9. The summed E-state index contributed by atoms with van der Waals surface area (Å²) in [5.74, 6) is -1.28. The second-order valence-electron chi connectivity index (χ2n) is 8.15. The molecular formula is C27H28N4O3. The molecule has 0 saturated heterocycles. The molecule has 0 aliphatic heterocycles. The first kappa shape index (κ1) is 23.2. The van der Waals surface area contributed by atoms with Crippen molar-refractivity contribution in [3.63, 3.8) is 0 Å². The van der Waals surface area contributed by atoms with E-state index in [1.807, 2.05) is 57.5 Å². The Morgan fingerprint density at radius 3 is 2.09 bits per heavy atom. The number of carbonyl (C=O) groups is 2. The van der Waals surface area contributed by atoms with E-state index in [-0.39, 0.29) is 11.5 Å². The number of nitrogens with one attached hydrogen (secondary N) is 4. The van der Waals surface area contributed by atoms with E-state index < -0.39 is 11.6 Å². The standard InChI is InChI=1S/C27H28N4O3/c1-28-23-16-27(29-2,30-3)22-14-11-19(15-21(22)24(23)17-7-5-4-6-8-17)25(32)31-20-12-9-18(10-13-20)26(33)34/h4-15,28-30H,16H2,1-3H3,(H,31,32)(H,33,34). The lowest BCUT2D eigenvalue weighted by molar-refractivity contribution is 0.0696. The smallest absolute Gasteiger partial charge is 0.335 e. The van der Waals surface area contributed by atoms with Gasteiger partial charge in [0, 0.05) is 36.0 Å². The fraction of sp³-hybridized carbons (Fsp3) is 0.185. The summed E-state index contributed by atoms with van der Waals surface area (Å²) >= 11 is 0. The van der Waals surface area contributed by atoms with Crippen LogP contribution >= 0.6 is 0 Å². The first-order valence-electron chi connectivity index (χ1n) is 11.1. The molecule has 174 valence electrons. The van der Waals surface area contributed by atoms with Crippen molar-refractivity contribution in [2.24, 2.45) is 0 Å². The fourth-order valence-electron chi connectivity index (χ4n) is 4.49. The minimum Gasteiger partial charge on any atom is -0.478 e. The van der Waals surface area contributed by atoms with Gasteiger partial charge in [-0.05, 0) is 67.2 Å². The van der Waals surface area contributed by atoms with Crippen LogP contribution in [0.5, 0.6) is 0 Å². The molecule has 7 nitrogen and oxygen atoms in total. The van der Waals surface area contributed by atoms with Gasteiger partial charge in [-0.2, -0.15) is 0 Å². The summed E-state index contributed by atoms with van der Waals surface area (Å²) in [4.78, 5) is 24.2. The Balaban J connectivity index is 1.78. The fourth-order valence-corrected chi connectivity index (χ4v) is 4.49. The van der Waals surface area contributed by atoms with Gasteiger partial charge < -0.3 is 15.7 Å². The lowest BCUT2D eigenvalue weighted by Gasteiger charge is -2.41. The van der Waals surface area contributed by atoms with E-state index in [0.717, 1.165) is 28.0 Å². The maximum absolute atomic E-state index is 13.1. The molecule has 0 bridgehead atoms. The largest absolute Gasteiger partial charge is 0.478 e. The van der Waals surface area contributed by atoms with Crippen molar-refractivity contribution < 1.29 is 14.7 Å². The highest BCUT2D eigenvalue weighted by molar-refractivity contribution is 6.05. The van der Waals surface area contributed by atoms with Crippen LogP contribution < -0.4 is 21.3 Å². The molecule has 0 fully saturated rings. The summed E-state index contributed by atoms with van der Waals surface area (Å²) < 4.78 is 0. The molecule has 0 radical (unpaired) electrons. The van der Waals surface area contributed by atoms with Crippen LogP contribution in [0.25, 0.3) is 5.57 Å². The molecule has 0 saturated carbocycles. The highest BCUT2D eigenvalue weighted by Crippen LogP contribution is 2.42. The van der Waals surface area contributed by atoms with Gasteiger partial charge >= 0.3 is 5.97 Å². The lowest BCUT2D eigenvalue weighted by Crippen LogP contribution is -2.53. The van der Waals surface area contributed by atoms with Crippen molar-refractivity contribution in [3.8, 4) is 0 Å². The second-order valence-corrected chi connectivity index (χ2v) is 8.15. The maximum Gasteiger partial charge on any atom is 0.335 e. The zero-order valence-electron chi connectivity index (χ0n) is 19.4. The molecule has 3 aromatic carbocycles. The number of amides is 1. The number of benzene rings is 3. The minimum absolute atomic E-state index is 0.166. The van der Waals surface area contributed by atoms with Crippen LogP contribution in [0, 0.1) is 0 Å².